The Hall–Kier alpha value is -1.58. The summed E-state index contributed by atoms with van der Waals surface area (Å²) in [6.07, 6.45) is 2.29. The van der Waals surface area contributed by atoms with Gasteiger partial charge in [-0.1, -0.05) is 13.0 Å². The minimum atomic E-state index is 0.0544. The highest BCUT2D eigenvalue weighted by Gasteiger charge is 2.28. The van der Waals surface area contributed by atoms with Gasteiger partial charge in [-0.3, -0.25) is 4.79 Å². The zero-order chi connectivity index (χ0) is 13.8. The molecule has 0 spiro atoms. The fourth-order valence-corrected chi connectivity index (χ4v) is 2.55. The molecule has 104 valence electrons. The smallest absolute Gasteiger partial charge is 0.272 e. The second-order valence-electron chi connectivity index (χ2n) is 5.43. The van der Waals surface area contributed by atoms with Gasteiger partial charge in [0, 0.05) is 19.1 Å². The third-order valence-electron chi connectivity index (χ3n) is 3.70. The molecule has 0 aromatic carbocycles. The van der Waals surface area contributed by atoms with Crippen LogP contribution in [0, 0.1) is 5.92 Å². The van der Waals surface area contributed by atoms with Gasteiger partial charge in [-0.15, -0.1) is 0 Å². The van der Waals surface area contributed by atoms with E-state index in [-0.39, 0.29) is 5.91 Å². The first-order valence-electron chi connectivity index (χ1n) is 7.13. The van der Waals surface area contributed by atoms with E-state index < -0.39 is 0 Å². The normalized spacial score (nSPS) is 23.2. The summed E-state index contributed by atoms with van der Waals surface area (Å²) in [6.45, 7) is 7.99. The van der Waals surface area contributed by atoms with Crippen LogP contribution in [0.4, 0.5) is 5.82 Å². The zero-order valence-electron chi connectivity index (χ0n) is 12.0. The van der Waals surface area contributed by atoms with Crippen LogP contribution in [-0.4, -0.2) is 34.9 Å². The van der Waals surface area contributed by atoms with Crippen molar-refractivity contribution >= 4 is 11.7 Å². The van der Waals surface area contributed by atoms with E-state index in [1.807, 2.05) is 24.0 Å². The van der Waals surface area contributed by atoms with Gasteiger partial charge in [0.25, 0.3) is 5.91 Å². The van der Waals surface area contributed by atoms with Crippen molar-refractivity contribution < 1.29 is 4.79 Å². The Morgan fingerprint density at radius 3 is 2.95 bits per heavy atom. The lowest BCUT2D eigenvalue weighted by molar-refractivity contribution is 0.0568. The second-order valence-corrected chi connectivity index (χ2v) is 5.43. The summed E-state index contributed by atoms with van der Waals surface area (Å²) in [4.78, 5) is 18.9. The van der Waals surface area contributed by atoms with E-state index in [0.717, 1.165) is 25.3 Å². The second kappa shape index (κ2) is 6.04. The topological polar surface area (TPSA) is 45.2 Å². The molecule has 0 saturated carbocycles. The fraction of sp³-hybridized carbons (Fsp3) is 0.600. The molecule has 4 heteroatoms. The maximum absolute atomic E-state index is 12.5. The molecule has 0 radical (unpaired) electrons. The van der Waals surface area contributed by atoms with E-state index in [1.54, 1.807) is 6.07 Å². The molecule has 0 aliphatic carbocycles. The number of piperidine rings is 1. The molecule has 19 heavy (non-hydrogen) atoms. The van der Waals surface area contributed by atoms with Crippen molar-refractivity contribution in [1.82, 2.24) is 9.88 Å². The lowest BCUT2D eigenvalue weighted by Gasteiger charge is -2.36. The number of hydrogen-bond acceptors (Lipinski definition) is 3. The van der Waals surface area contributed by atoms with E-state index in [9.17, 15) is 4.79 Å². The van der Waals surface area contributed by atoms with Crippen LogP contribution >= 0.6 is 0 Å². The number of pyridine rings is 1. The molecule has 1 amide bonds. The zero-order valence-corrected chi connectivity index (χ0v) is 12.0. The molecule has 1 aliphatic rings. The standard InChI is InChI=1S/C15H23N3O/c1-4-16-14-7-5-6-13(17-14)15(19)18-10-11(2)8-9-12(18)3/h5-7,11-12H,4,8-10H2,1-3H3,(H,16,17). The van der Waals surface area contributed by atoms with Gasteiger partial charge in [-0.25, -0.2) is 4.98 Å². The van der Waals surface area contributed by atoms with Crippen LogP contribution in [0.3, 0.4) is 0 Å². The number of nitrogens with one attached hydrogen (secondary N) is 1. The number of anilines is 1. The van der Waals surface area contributed by atoms with Crippen LogP contribution in [0.15, 0.2) is 18.2 Å². The van der Waals surface area contributed by atoms with Crippen LogP contribution in [0.5, 0.6) is 0 Å². The summed E-state index contributed by atoms with van der Waals surface area (Å²) in [7, 11) is 0. The monoisotopic (exact) mass is 261 g/mol. The summed E-state index contributed by atoms with van der Waals surface area (Å²) in [6, 6.07) is 5.89. The van der Waals surface area contributed by atoms with Crippen LogP contribution < -0.4 is 5.32 Å². The predicted molar refractivity (Wildman–Crippen MR) is 77.3 cm³/mol. The van der Waals surface area contributed by atoms with Crippen molar-refractivity contribution in [3.8, 4) is 0 Å². The van der Waals surface area contributed by atoms with Crippen molar-refractivity contribution in [2.45, 2.75) is 39.7 Å². The Bertz CT molecular complexity index is 447. The highest BCUT2D eigenvalue weighted by molar-refractivity contribution is 5.93. The summed E-state index contributed by atoms with van der Waals surface area (Å²) < 4.78 is 0. The lowest BCUT2D eigenvalue weighted by Crippen LogP contribution is -2.45. The van der Waals surface area contributed by atoms with E-state index in [1.165, 1.54) is 6.42 Å². The van der Waals surface area contributed by atoms with Gasteiger partial charge in [-0.05, 0) is 44.7 Å². The minimum absolute atomic E-state index is 0.0544. The Morgan fingerprint density at radius 2 is 2.21 bits per heavy atom. The Morgan fingerprint density at radius 1 is 1.42 bits per heavy atom. The summed E-state index contributed by atoms with van der Waals surface area (Å²) >= 11 is 0. The van der Waals surface area contributed by atoms with Gasteiger partial charge < -0.3 is 10.2 Å². The van der Waals surface area contributed by atoms with E-state index >= 15 is 0 Å². The molecule has 1 N–H and O–H groups in total. The molecule has 2 atom stereocenters. The first-order chi connectivity index (χ1) is 9.11. The lowest BCUT2D eigenvalue weighted by atomic mass is 9.95. The molecule has 2 heterocycles. The fourth-order valence-electron chi connectivity index (χ4n) is 2.55. The Labute approximate surface area is 115 Å². The third kappa shape index (κ3) is 3.25. The predicted octanol–water partition coefficient (Wildman–Crippen LogP) is 2.77. The minimum Gasteiger partial charge on any atom is -0.370 e. The molecule has 1 fully saturated rings. The van der Waals surface area contributed by atoms with Gasteiger partial charge in [0.05, 0.1) is 0 Å². The summed E-state index contributed by atoms with van der Waals surface area (Å²) in [5.41, 5.74) is 0.541. The van der Waals surface area contributed by atoms with Crippen LogP contribution in [0.2, 0.25) is 0 Å². The molecule has 1 saturated heterocycles. The van der Waals surface area contributed by atoms with E-state index in [2.05, 4.69) is 24.1 Å². The van der Waals surface area contributed by atoms with Gasteiger partial charge in [-0.2, -0.15) is 0 Å². The quantitative estimate of drug-likeness (QED) is 0.910. The Balaban J connectivity index is 2.16. The molecule has 4 nitrogen and oxygen atoms in total. The van der Waals surface area contributed by atoms with Crippen molar-refractivity contribution in [2.75, 3.05) is 18.4 Å². The third-order valence-corrected chi connectivity index (χ3v) is 3.70. The van der Waals surface area contributed by atoms with E-state index in [4.69, 9.17) is 0 Å². The number of carbonyl (C=O) groups excluding carboxylic acids is 1. The van der Waals surface area contributed by atoms with Crippen molar-refractivity contribution in [1.29, 1.82) is 0 Å². The maximum atomic E-state index is 12.5. The molecular weight excluding hydrogens is 238 g/mol. The van der Waals surface area contributed by atoms with Crippen molar-refractivity contribution in [3.05, 3.63) is 23.9 Å². The van der Waals surface area contributed by atoms with Gasteiger partial charge in [0.1, 0.15) is 11.5 Å². The molecule has 0 bridgehead atoms. The molecule has 1 aromatic heterocycles. The van der Waals surface area contributed by atoms with Crippen LogP contribution in [-0.2, 0) is 0 Å². The summed E-state index contributed by atoms with van der Waals surface area (Å²) in [5.74, 6) is 1.40. The molecule has 1 aromatic rings. The highest BCUT2D eigenvalue weighted by Crippen LogP contribution is 2.23. The number of likely N-dealkylation sites (tertiary alicyclic amines) is 1. The van der Waals surface area contributed by atoms with Crippen molar-refractivity contribution in [3.63, 3.8) is 0 Å². The number of rotatable bonds is 3. The SMILES string of the molecule is CCNc1cccc(C(=O)N2CC(C)CCC2C)n1. The number of nitrogens with zero attached hydrogens (tertiary/aromatic N) is 2. The number of aromatic nitrogens is 1. The van der Waals surface area contributed by atoms with Crippen LogP contribution in [0.25, 0.3) is 0 Å². The molecular formula is C15H23N3O. The van der Waals surface area contributed by atoms with Crippen molar-refractivity contribution in [2.24, 2.45) is 5.92 Å². The average Bonchev–Trinajstić information content (AvgIpc) is 2.41. The average molecular weight is 261 g/mol. The van der Waals surface area contributed by atoms with E-state index in [0.29, 0.717) is 17.7 Å². The summed E-state index contributed by atoms with van der Waals surface area (Å²) in [5, 5.41) is 3.14. The first kappa shape index (κ1) is 13.8. The van der Waals surface area contributed by atoms with Gasteiger partial charge in [0.15, 0.2) is 0 Å². The Kier molecular flexibility index (Phi) is 4.40. The number of carbonyl (C=O) groups is 1. The number of amides is 1. The number of hydrogen-bond donors (Lipinski definition) is 1. The van der Waals surface area contributed by atoms with Gasteiger partial charge >= 0.3 is 0 Å². The first-order valence-corrected chi connectivity index (χ1v) is 7.13. The molecule has 2 unspecified atom stereocenters. The maximum Gasteiger partial charge on any atom is 0.272 e. The largest absolute Gasteiger partial charge is 0.370 e. The molecule has 1 aliphatic heterocycles. The molecule has 2 rings (SSSR count). The van der Waals surface area contributed by atoms with Crippen LogP contribution in [0.1, 0.15) is 44.1 Å². The van der Waals surface area contributed by atoms with Gasteiger partial charge in [0.2, 0.25) is 0 Å². The highest BCUT2D eigenvalue weighted by atomic mass is 16.2.